The molecule has 50 atom stereocenters. The molecule has 128 heavy (non-hydrogen) atoms. The van der Waals surface area contributed by atoms with Crippen LogP contribution in [0.2, 0.25) is 0 Å². The van der Waals surface area contributed by atoms with Crippen LogP contribution in [0, 0.1) is 0 Å². The van der Waals surface area contributed by atoms with E-state index in [0.717, 1.165) is 41.5 Å². The molecular formula is C72H120N6O50. The van der Waals surface area contributed by atoms with Gasteiger partial charge in [0.1, 0.15) is 238 Å². The normalized spacial score (nSPS) is 47.8. The number of hydrogen-bond acceptors (Lipinski definition) is 50. The Bertz CT molecular complexity index is 3550. The molecule has 0 aromatic carbocycles. The molecule has 10 fully saturated rings. The fraction of sp³-hybridized carbons (Fsp3) is 0.917. The highest BCUT2D eigenvalue weighted by atomic mass is 16.8. The first-order chi connectivity index (χ1) is 60.5. The first-order valence-corrected chi connectivity index (χ1v) is 41.0. The highest BCUT2D eigenvalue weighted by Crippen LogP contribution is 2.41. The third-order valence-corrected chi connectivity index (χ3v) is 23.2. The number of aliphatic hydroxyl groups is 25. The van der Waals surface area contributed by atoms with E-state index in [-0.39, 0.29) is 0 Å². The lowest BCUT2D eigenvalue weighted by Crippen LogP contribution is -2.71. The molecule has 10 heterocycles. The van der Waals surface area contributed by atoms with E-state index in [9.17, 15) is 156 Å². The highest BCUT2D eigenvalue weighted by molar-refractivity contribution is 5.75. The summed E-state index contributed by atoms with van der Waals surface area (Å²) in [5, 5.41) is 297. The van der Waals surface area contributed by atoms with Crippen LogP contribution in [0.3, 0.4) is 0 Å². The Hall–Kier alpha value is -4.94. The summed E-state index contributed by atoms with van der Waals surface area (Å²) in [5.41, 5.74) is 0. The second kappa shape index (κ2) is 46.1. The molecule has 0 bridgehead atoms. The lowest BCUT2D eigenvalue weighted by Gasteiger charge is -2.51. The Morgan fingerprint density at radius 1 is 0.219 bits per heavy atom. The van der Waals surface area contributed by atoms with Crippen molar-refractivity contribution < 1.29 is 246 Å². The minimum atomic E-state index is -2.63. The molecule has 0 radical (unpaired) electrons. The van der Waals surface area contributed by atoms with Gasteiger partial charge in [-0.2, -0.15) is 0 Å². The number of rotatable bonds is 33. The van der Waals surface area contributed by atoms with E-state index in [2.05, 4.69) is 31.9 Å². The summed E-state index contributed by atoms with van der Waals surface area (Å²) in [6, 6.07) is -11.1. The fourth-order valence-corrected chi connectivity index (χ4v) is 16.6. The third-order valence-electron chi connectivity index (χ3n) is 23.2. The number of amides is 6. The molecule has 10 rings (SSSR count). The Morgan fingerprint density at radius 2 is 0.484 bits per heavy atom. The van der Waals surface area contributed by atoms with Gasteiger partial charge in [-0.05, 0) is 6.92 Å². The molecule has 0 saturated carbocycles. The monoisotopic (exact) mass is 1870 g/mol. The molecule has 10 aliphatic heterocycles. The maximum Gasteiger partial charge on any atom is 0.217 e. The number of nitrogens with one attached hydrogen (secondary N) is 6. The summed E-state index contributed by atoms with van der Waals surface area (Å²) in [5.74, 6) is -5.42. The van der Waals surface area contributed by atoms with Crippen molar-refractivity contribution in [1.29, 1.82) is 0 Å². The lowest BCUT2D eigenvalue weighted by molar-refractivity contribution is -0.398. The van der Waals surface area contributed by atoms with Crippen LogP contribution >= 0.6 is 0 Å². The number of aliphatic hydroxyl groups excluding tert-OH is 25. The van der Waals surface area contributed by atoms with Gasteiger partial charge in [0.15, 0.2) is 62.9 Å². The van der Waals surface area contributed by atoms with Crippen LogP contribution in [-0.2, 0) is 119 Å². The van der Waals surface area contributed by atoms with Gasteiger partial charge in [0.25, 0.3) is 0 Å². The van der Waals surface area contributed by atoms with Gasteiger partial charge in [0.2, 0.25) is 35.4 Å². The number of carbonyl (C=O) groups is 6. The molecule has 0 aromatic heterocycles. The van der Waals surface area contributed by atoms with Gasteiger partial charge in [0.05, 0.1) is 65.6 Å². The quantitative estimate of drug-likeness (QED) is 0.0290. The molecule has 10 aliphatic rings. The van der Waals surface area contributed by atoms with Crippen molar-refractivity contribution in [3.63, 3.8) is 0 Å². The second-order valence-electron chi connectivity index (χ2n) is 32.5. The molecule has 6 amide bonds. The summed E-state index contributed by atoms with van der Waals surface area (Å²) in [4.78, 5) is 76.9. The van der Waals surface area contributed by atoms with Crippen molar-refractivity contribution in [1.82, 2.24) is 31.9 Å². The lowest BCUT2D eigenvalue weighted by atomic mass is 9.93. The van der Waals surface area contributed by atoms with Crippen LogP contribution in [0.25, 0.3) is 0 Å². The van der Waals surface area contributed by atoms with E-state index in [4.69, 9.17) is 90.0 Å². The van der Waals surface area contributed by atoms with E-state index < -0.39 is 402 Å². The molecule has 738 valence electrons. The van der Waals surface area contributed by atoms with Crippen LogP contribution in [0.15, 0.2) is 0 Å². The van der Waals surface area contributed by atoms with E-state index in [1.807, 2.05) is 0 Å². The minimum absolute atomic E-state index is 0.793. The maximum absolute atomic E-state index is 13.3. The highest BCUT2D eigenvalue weighted by Gasteiger charge is 2.62. The third kappa shape index (κ3) is 23.8. The summed E-state index contributed by atoms with van der Waals surface area (Å²) >= 11 is 0. The van der Waals surface area contributed by atoms with Gasteiger partial charge in [-0.25, -0.2) is 0 Å². The topological polar surface area (TPSA) is 856 Å². The molecule has 0 aliphatic carbocycles. The average Bonchev–Trinajstić information content (AvgIpc) is 0.770. The van der Waals surface area contributed by atoms with Crippen molar-refractivity contribution in [2.45, 2.75) is 355 Å². The zero-order chi connectivity index (χ0) is 94.4. The zero-order valence-electron chi connectivity index (χ0n) is 69.6. The van der Waals surface area contributed by atoms with Crippen molar-refractivity contribution in [3.8, 4) is 0 Å². The largest absolute Gasteiger partial charge is 0.394 e. The first-order valence-electron chi connectivity index (χ1n) is 41.0. The van der Waals surface area contributed by atoms with E-state index in [0.29, 0.717) is 0 Å². The van der Waals surface area contributed by atoms with Gasteiger partial charge in [-0.1, -0.05) is 0 Å². The van der Waals surface area contributed by atoms with Crippen molar-refractivity contribution >= 4 is 35.4 Å². The Labute approximate surface area is 726 Å². The van der Waals surface area contributed by atoms with Crippen LogP contribution in [0.4, 0.5) is 0 Å². The zero-order valence-corrected chi connectivity index (χ0v) is 69.6. The number of carbonyl (C=O) groups excluding carboxylic acids is 6. The van der Waals surface area contributed by atoms with Gasteiger partial charge < -0.3 is 250 Å². The fourth-order valence-electron chi connectivity index (χ4n) is 16.6. The molecule has 31 N–H and O–H groups in total. The smallest absolute Gasteiger partial charge is 0.217 e. The molecule has 56 heteroatoms. The van der Waals surface area contributed by atoms with Crippen molar-refractivity contribution in [2.24, 2.45) is 0 Å². The Morgan fingerprint density at radius 3 is 0.852 bits per heavy atom. The molecule has 0 unspecified atom stereocenters. The van der Waals surface area contributed by atoms with E-state index >= 15 is 0 Å². The van der Waals surface area contributed by atoms with Crippen LogP contribution in [0.5, 0.6) is 0 Å². The Balaban J connectivity index is 0.974. The van der Waals surface area contributed by atoms with Crippen LogP contribution < -0.4 is 31.9 Å². The average molecular weight is 1870 g/mol. The summed E-state index contributed by atoms with van der Waals surface area (Å²) in [6.07, 6.45) is -90.6. The van der Waals surface area contributed by atoms with Crippen LogP contribution in [-0.4, -0.2) is 529 Å². The van der Waals surface area contributed by atoms with Crippen molar-refractivity contribution in [3.05, 3.63) is 0 Å². The summed E-state index contributed by atoms with van der Waals surface area (Å²) in [6.45, 7) is -2.82. The van der Waals surface area contributed by atoms with Crippen LogP contribution in [0.1, 0.15) is 48.5 Å². The summed E-state index contributed by atoms with van der Waals surface area (Å²) in [7, 11) is 0. The van der Waals surface area contributed by atoms with Gasteiger partial charge >= 0.3 is 0 Å². The van der Waals surface area contributed by atoms with Crippen molar-refractivity contribution in [2.75, 3.05) is 59.5 Å². The van der Waals surface area contributed by atoms with E-state index in [1.54, 1.807) is 0 Å². The number of hydrogen-bond donors (Lipinski definition) is 31. The minimum Gasteiger partial charge on any atom is -0.394 e. The molecular weight excluding hydrogens is 1750 g/mol. The molecule has 0 spiro atoms. The van der Waals surface area contributed by atoms with Gasteiger partial charge in [0, 0.05) is 41.5 Å². The predicted molar refractivity (Wildman–Crippen MR) is 398 cm³/mol. The Kier molecular flexibility index (Phi) is 37.8. The summed E-state index contributed by atoms with van der Waals surface area (Å²) < 4.78 is 114. The van der Waals surface area contributed by atoms with Gasteiger partial charge in [-0.15, -0.1) is 0 Å². The number of ether oxygens (including phenoxy) is 19. The standard InChI is InChI=1S/C72H120N6O50/c1-17-39(92)51(104)54(107)69(112-17)110-16-32-59(47(100)33(63(109)113-32)73-18(2)86)124-67-37(77-22(6)90)50(103)58(30(14-85)119-67)125-70-55(108)60(44(97)31(121-70)15-111-71-61(52(105)42(95)26(10-81)116-71)127-65-35(75-20(4)88)46(99)41(94)25(9-80)115-65)126-72-62(53(106)43(96)27(11-82)117-72)128-68-38(78-23(7)91)49(102)57(29(13-84)120-68)123-66-36(76-21(5)89)48(101)56(28(12-83)118-66)122-64-34(74-19(3)87)45(98)40(93)24(8-79)114-64/h17,24-72,79-85,92-109H,8-16H2,1-7H3,(H,73,86)(H,74,87)(H,75,88)(H,76,89)(H,77,90)(H,78,91)/t17-,24+,25+,26+,27+,28+,29+,30+,31+,32+,33+,34+,35+,36+,37+,38+,39+,40-,41+,42+,43+,44+,45+,46+,47+,48+,49+,50+,51+,52-,53-,54-,55-,56-,57+,58+,59+,60-,61-,62-,63+,64+,65-,66-,67-,68-,69+,70-,71-,72+/m0/s1. The van der Waals surface area contributed by atoms with E-state index in [1.165, 1.54) is 6.92 Å². The predicted octanol–water partition coefficient (Wildman–Crippen LogP) is -20.9. The second-order valence-corrected chi connectivity index (χ2v) is 32.5. The SMILES string of the molecule is CC(=O)N[C@@H]1[C@@H](O)[C@H](O[C@@H]2O[C@H](CO)[C@@H](O[C@@H]3O[C@H](CO[C@H]4O[C@H](CO)[C@@H](O)[C@H](O)[C@@H]4O[C@@H]4O[C@H](CO)[C@@H](O)[C@H](O)[C@H]4NC(C)=O)[C@@H](O)[C@H](O[C@H]4O[C@H](CO)[C@@H](O)[C@H](O)[C@@H]4O[C@@H]4O[C@H](CO)[C@@H](O[C@@H]5O[C@H](CO)[C@H](O[C@H]6O[C@H](CO)[C@H](O)[C@H](O)[C@H]6NC(C)=O)[C@H](O)[C@H]5NC(C)=O)[C@H](O)[C@H]4NC(C)=O)[C@@H]3O)[C@H](O)[C@H]2NC(C)=O)[C@@H](CO[C@@H]2O[C@@H](C)[C@@H](O)[C@@H](O)[C@@H]2O)O[C@H]1O. The molecule has 56 nitrogen and oxygen atoms in total. The molecule has 0 aromatic rings. The first kappa shape index (κ1) is 105. The maximum atomic E-state index is 13.3. The molecule has 10 saturated heterocycles. The van der Waals surface area contributed by atoms with Gasteiger partial charge in [-0.3, -0.25) is 28.8 Å².